The van der Waals surface area contributed by atoms with Gasteiger partial charge in [-0.2, -0.15) is 0 Å². The predicted octanol–water partition coefficient (Wildman–Crippen LogP) is 4.07. The summed E-state index contributed by atoms with van der Waals surface area (Å²) < 4.78 is 0. The van der Waals surface area contributed by atoms with Crippen molar-refractivity contribution in [3.63, 3.8) is 0 Å². The number of anilines is 1. The summed E-state index contributed by atoms with van der Waals surface area (Å²) in [6.07, 6.45) is 0.872. The van der Waals surface area contributed by atoms with Crippen LogP contribution in [0.2, 0.25) is 5.28 Å². The average Bonchev–Trinajstić information content (AvgIpc) is 2.94. The first-order chi connectivity index (χ1) is 9.61. The van der Waals surface area contributed by atoms with Crippen LogP contribution in [0.1, 0.15) is 15.6 Å². The molecule has 0 saturated carbocycles. The fourth-order valence-electron chi connectivity index (χ4n) is 1.98. The highest BCUT2D eigenvalue weighted by Gasteiger charge is 2.09. The van der Waals surface area contributed by atoms with Gasteiger partial charge in [-0.15, -0.1) is 22.7 Å². The van der Waals surface area contributed by atoms with E-state index in [-0.39, 0.29) is 5.28 Å². The Balaban J connectivity index is 1.76. The van der Waals surface area contributed by atoms with Crippen molar-refractivity contribution in [1.82, 2.24) is 15.0 Å². The quantitative estimate of drug-likeness (QED) is 0.735. The lowest BCUT2D eigenvalue weighted by molar-refractivity contribution is 0.961. The fraction of sp³-hybridized carbons (Fsp3) is 0.308. The summed E-state index contributed by atoms with van der Waals surface area (Å²) in [6.45, 7) is 4.85. The highest BCUT2D eigenvalue weighted by Crippen LogP contribution is 2.29. The van der Waals surface area contributed by atoms with Gasteiger partial charge in [-0.05, 0) is 31.5 Å². The minimum absolute atomic E-state index is 0.284. The molecule has 0 spiro atoms. The Labute approximate surface area is 129 Å². The summed E-state index contributed by atoms with van der Waals surface area (Å²) >= 11 is 9.27. The molecule has 0 aliphatic carbocycles. The number of thiazole rings is 1. The monoisotopic (exact) mass is 324 g/mol. The largest absolute Gasteiger partial charge is 0.369 e. The molecule has 1 N–H and O–H groups in total. The minimum Gasteiger partial charge on any atom is -0.369 e. The number of thiophene rings is 1. The molecule has 3 rings (SSSR count). The lowest BCUT2D eigenvalue weighted by Crippen LogP contribution is -2.07. The van der Waals surface area contributed by atoms with Gasteiger partial charge in [-0.3, -0.25) is 0 Å². The molecule has 0 aliphatic rings. The van der Waals surface area contributed by atoms with Gasteiger partial charge in [0.25, 0.3) is 0 Å². The summed E-state index contributed by atoms with van der Waals surface area (Å²) in [5.41, 5.74) is 1.11. The molecule has 0 unspecified atom stereocenters. The topological polar surface area (TPSA) is 50.7 Å². The maximum Gasteiger partial charge on any atom is 0.225 e. The third-order valence-corrected chi connectivity index (χ3v) is 4.76. The van der Waals surface area contributed by atoms with E-state index < -0.39 is 0 Å². The van der Waals surface area contributed by atoms with Gasteiger partial charge >= 0.3 is 0 Å². The zero-order valence-electron chi connectivity index (χ0n) is 11.1. The zero-order valence-corrected chi connectivity index (χ0v) is 13.5. The number of hydrogen-bond acceptors (Lipinski definition) is 6. The number of aryl methyl sites for hydroxylation is 2. The minimum atomic E-state index is 0.284. The van der Waals surface area contributed by atoms with Crippen LogP contribution >= 0.6 is 34.3 Å². The van der Waals surface area contributed by atoms with Crippen LogP contribution in [0.15, 0.2) is 11.4 Å². The smallest absolute Gasteiger partial charge is 0.225 e. The van der Waals surface area contributed by atoms with Crippen molar-refractivity contribution in [1.29, 1.82) is 0 Å². The van der Waals surface area contributed by atoms with Crippen LogP contribution in [0.25, 0.3) is 10.2 Å². The Morgan fingerprint density at radius 3 is 2.85 bits per heavy atom. The van der Waals surface area contributed by atoms with E-state index in [1.807, 2.05) is 6.92 Å². The molecule has 0 bridgehead atoms. The van der Waals surface area contributed by atoms with Crippen molar-refractivity contribution in [3.8, 4) is 0 Å². The number of nitrogens with zero attached hydrogens (tertiary/aromatic N) is 3. The summed E-state index contributed by atoms with van der Waals surface area (Å²) in [6, 6.07) is 2.09. The van der Waals surface area contributed by atoms with Crippen molar-refractivity contribution in [2.75, 3.05) is 11.9 Å². The van der Waals surface area contributed by atoms with Gasteiger partial charge in [-0.1, -0.05) is 0 Å². The molecular formula is C13H13ClN4S2. The molecule has 0 fully saturated rings. The molecule has 3 aromatic heterocycles. The number of fused-ring (bicyclic) bond motifs is 1. The van der Waals surface area contributed by atoms with Crippen LogP contribution in [0, 0.1) is 13.8 Å². The zero-order chi connectivity index (χ0) is 14.1. The van der Waals surface area contributed by atoms with E-state index in [1.165, 1.54) is 4.88 Å². The van der Waals surface area contributed by atoms with E-state index in [0.29, 0.717) is 0 Å². The molecule has 0 radical (unpaired) electrons. The maximum absolute atomic E-state index is 5.97. The highest BCUT2D eigenvalue weighted by atomic mass is 35.5. The van der Waals surface area contributed by atoms with E-state index in [1.54, 1.807) is 22.7 Å². The van der Waals surface area contributed by atoms with E-state index in [9.17, 15) is 0 Å². The molecular weight excluding hydrogens is 312 g/mol. The third kappa shape index (κ3) is 2.92. The Hall–Kier alpha value is -1.24. The standard InChI is InChI=1S/C13H13ClN4S2/c1-7-5-10-11(17-13(14)18-12(10)20-7)15-4-3-9-6-19-8(2)16-9/h5-6H,3-4H2,1-2H3,(H,15,17,18). The van der Waals surface area contributed by atoms with E-state index >= 15 is 0 Å². The van der Waals surface area contributed by atoms with Gasteiger partial charge < -0.3 is 5.32 Å². The van der Waals surface area contributed by atoms with Crippen molar-refractivity contribution < 1.29 is 0 Å². The Kier molecular flexibility index (Phi) is 3.87. The Morgan fingerprint density at radius 1 is 1.25 bits per heavy atom. The van der Waals surface area contributed by atoms with Gasteiger partial charge in [0.05, 0.1) is 16.1 Å². The van der Waals surface area contributed by atoms with Gasteiger partial charge in [0.1, 0.15) is 10.6 Å². The molecule has 0 atom stereocenters. The van der Waals surface area contributed by atoms with Crippen LogP contribution < -0.4 is 5.32 Å². The number of nitrogens with one attached hydrogen (secondary N) is 1. The molecule has 0 aromatic carbocycles. The second-order valence-corrected chi connectivity index (χ2v) is 7.09. The van der Waals surface area contributed by atoms with Crippen LogP contribution in [0.3, 0.4) is 0 Å². The molecule has 3 heterocycles. The van der Waals surface area contributed by atoms with Crippen LogP contribution in [0.5, 0.6) is 0 Å². The van der Waals surface area contributed by atoms with Crippen molar-refractivity contribution in [2.24, 2.45) is 0 Å². The first kappa shape index (κ1) is 13.7. The lowest BCUT2D eigenvalue weighted by Gasteiger charge is -2.05. The van der Waals surface area contributed by atoms with Crippen LogP contribution in [-0.2, 0) is 6.42 Å². The number of hydrogen-bond donors (Lipinski definition) is 1. The summed E-state index contributed by atoms with van der Waals surface area (Å²) in [7, 11) is 0. The number of rotatable bonds is 4. The number of aromatic nitrogens is 3. The summed E-state index contributed by atoms with van der Waals surface area (Å²) in [5, 5.41) is 7.84. The first-order valence-electron chi connectivity index (χ1n) is 6.20. The third-order valence-electron chi connectivity index (χ3n) is 2.83. The van der Waals surface area contributed by atoms with Crippen molar-refractivity contribution >= 4 is 50.3 Å². The second-order valence-electron chi connectivity index (χ2n) is 4.45. The summed E-state index contributed by atoms with van der Waals surface area (Å²) in [4.78, 5) is 15.1. The molecule has 0 saturated heterocycles. The number of halogens is 1. The van der Waals surface area contributed by atoms with Gasteiger partial charge in [0.15, 0.2) is 0 Å². The fourth-order valence-corrected chi connectivity index (χ4v) is 3.73. The predicted molar refractivity (Wildman–Crippen MR) is 86.2 cm³/mol. The van der Waals surface area contributed by atoms with E-state index in [2.05, 4.69) is 38.6 Å². The lowest BCUT2D eigenvalue weighted by atomic mass is 10.3. The van der Waals surface area contributed by atoms with E-state index in [4.69, 9.17) is 11.6 Å². The molecule has 0 amide bonds. The first-order valence-corrected chi connectivity index (χ1v) is 8.28. The molecule has 4 nitrogen and oxygen atoms in total. The summed E-state index contributed by atoms with van der Waals surface area (Å²) in [5.74, 6) is 0.802. The Bertz CT molecular complexity index is 750. The van der Waals surface area contributed by atoms with Crippen molar-refractivity contribution in [2.45, 2.75) is 20.3 Å². The van der Waals surface area contributed by atoms with Crippen LogP contribution in [-0.4, -0.2) is 21.5 Å². The van der Waals surface area contributed by atoms with Gasteiger partial charge in [0.2, 0.25) is 5.28 Å². The normalized spacial score (nSPS) is 11.2. The van der Waals surface area contributed by atoms with Crippen LogP contribution in [0.4, 0.5) is 5.82 Å². The second kappa shape index (κ2) is 5.63. The maximum atomic E-state index is 5.97. The molecule has 0 aliphatic heterocycles. The molecule has 7 heteroatoms. The SMILES string of the molecule is Cc1cc2c(NCCc3csc(C)n3)nc(Cl)nc2s1. The average molecular weight is 325 g/mol. The van der Waals surface area contributed by atoms with Gasteiger partial charge in [-0.25, -0.2) is 15.0 Å². The molecule has 104 valence electrons. The van der Waals surface area contributed by atoms with E-state index in [0.717, 1.165) is 39.7 Å². The van der Waals surface area contributed by atoms with Crippen molar-refractivity contribution in [3.05, 3.63) is 32.3 Å². The Morgan fingerprint density at radius 2 is 2.10 bits per heavy atom. The highest BCUT2D eigenvalue weighted by molar-refractivity contribution is 7.18. The molecule has 3 aromatic rings. The molecule has 20 heavy (non-hydrogen) atoms. The van der Waals surface area contributed by atoms with Gasteiger partial charge in [0, 0.05) is 23.2 Å².